The first-order valence-electron chi connectivity index (χ1n) is 8.79. The van der Waals surface area contributed by atoms with Gasteiger partial charge in [-0.05, 0) is 48.7 Å². The van der Waals surface area contributed by atoms with Gasteiger partial charge in [-0.25, -0.2) is 4.79 Å². The highest BCUT2D eigenvalue weighted by Crippen LogP contribution is 2.32. The van der Waals surface area contributed by atoms with Crippen molar-refractivity contribution >= 4 is 44.9 Å². The van der Waals surface area contributed by atoms with Crippen molar-refractivity contribution in [2.45, 2.75) is 12.5 Å². The van der Waals surface area contributed by atoms with Crippen LogP contribution in [0.25, 0.3) is 10.1 Å². The third-order valence-corrected chi connectivity index (χ3v) is 5.69. The number of hydrogen-bond acceptors (Lipinski definition) is 6. The van der Waals surface area contributed by atoms with Crippen LogP contribution in [0, 0.1) is 0 Å². The van der Waals surface area contributed by atoms with E-state index in [2.05, 4.69) is 15.4 Å². The number of rotatable bonds is 5. The molecule has 0 saturated carbocycles. The summed E-state index contributed by atoms with van der Waals surface area (Å²) in [6.45, 7) is 1.47. The molecule has 3 aromatic rings. The molecule has 0 fully saturated rings. The van der Waals surface area contributed by atoms with E-state index in [1.165, 1.54) is 42.7 Å². The van der Waals surface area contributed by atoms with E-state index in [9.17, 15) is 19.5 Å². The van der Waals surface area contributed by atoms with Crippen molar-refractivity contribution in [2.24, 2.45) is 0 Å². The Morgan fingerprint density at radius 1 is 1.07 bits per heavy atom. The first-order valence-corrected chi connectivity index (χ1v) is 9.61. The van der Waals surface area contributed by atoms with Crippen molar-refractivity contribution < 1.29 is 24.2 Å². The van der Waals surface area contributed by atoms with Gasteiger partial charge in [0.25, 0.3) is 0 Å². The van der Waals surface area contributed by atoms with Crippen LogP contribution in [0.1, 0.15) is 22.2 Å². The highest BCUT2D eigenvalue weighted by molar-refractivity contribution is 7.19. The number of carbonyl (C=O) groups is 3. The lowest BCUT2D eigenvalue weighted by molar-refractivity contribution is -0.136. The Kier molecular flexibility index (Phi) is 5.95. The van der Waals surface area contributed by atoms with Gasteiger partial charge in [0.05, 0.1) is 19.2 Å². The second-order valence-corrected chi connectivity index (χ2v) is 7.71. The van der Waals surface area contributed by atoms with Gasteiger partial charge < -0.3 is 20.5 Å². The van der Waals surface area contributed by atoms with E-state index in [4.69, 9.17) is 0 Å². The summed E-state index contributed by atoms with van der Waals surface area (Å²) in [7, 11) is 1.27. The number of thiophene rings is 1. The SMILES string of the molecule is COC(=O)c1ccc(NC(=O)C(=O)NCC(C)(O)c2cc3ccccc3s2)cc1. The van der Waals surface area contributed by atoms with Crippen molar-refractivity contribution in [2.75, 3.05) is 19.0 Å². The molecule has 0 spiro atoms. The number of carbonyl (C=O) groups excluding carboxylic acids is 3. The summed E-state index contributed by atoms with van der Waals surface area (Å²) in [5, 5.41) is 16.6. The number of hydrogen-bond donors (Lipinski definition) is 3. The first kappa shape index (κ1) is 20.5. The van der Waals surface area contributed by atoms with Crippen molar-refractivity contribution in [1.82, 2.24) is 5.32 Å². The van der Waals surface area contributed by atoms with Crippen LogP contribution in [0.2, 0.25) is 0 Å². The number of ether oxygens (including phenoxy) is 1. The molecule has 1 aromatic heterocycles. The predicted octanol–water partition coefficient (Wildman–Crippen LogP) is 2.65. The maximum absolute atomic E-state index is 12.1. The summed E-state index contributed by atoms with van der Waals surface area (Å²) in [5.41, 5.74) is -0.634. The molecule has 0 bridgehead atoms. The van der Waals surface area contributed by atoms with Gasteiger partial charge in [0.15, 0.2) is 0 Å². The molecule has 7 nitrogen and oxygen atoms in total. The highest BCUT2D eigenvalue weighted by Gasteiger charge is 2.27. The van der Waals surface area contributed by atoms with Crippen LogP contribution in [0.3, 0.4) is 0 Å². The molecule has 2 aromatic carbocycles. The first-order chi connectivity index (χ1) is 13.8. The van der Waals surface area contributed by atoms with Crippen LogP contribution in [0.5, 0.6) is 0 Å². The van der Waals surface area contributed by atoms with Gasteiger partial charge in [0.1, 0.15) is 5.60 Å². The van der Waals surface area contributed by atoms with Crippen LogP contribution in [-0.4, -0.2) is 36.5 Å². The fraction of sp³-hybridized carbons (Fsp3) is 0.190. The number of methoxy groups -OCH3 is 1. The van der Waals surface area contributed by atoms with E-state index >= 15 is 0 Å². The average molecular weight is 412 g/mol. The fourth-order valence-corrected chi connectivity index (χ4v) is 3.77. The second kappa shape index (κ2) is 8.42. The molecule has 3 N–H and O–H groups in total. The summed E-state index contributed by atoms with van der Waals surface area (Å²) >= 11 is 1.43. The van der Waals surface area contributed by atoms with Gasteiger partial charge in [0.2, 0.25) is 0 Å². The molecule has 3 rings (SSSR count). The van der Waals surface area contributed by atoms with Crippen LogP contribution in [0.15, 0.2) is 54.6 Å². The zero-order valence-corrected chi connectivity index (χ0v) is 16.7. The summed E-state index contributed by atoms with van der Waals surface area (Å²) in [6, 6.07) is 15.5. The Bertz CT molecular complexity index is 1020. The lowest BCUT2D eigenvalue weighted by Gasteiger charge is -2.22. The number of anilines is 1. The summed E-state index contributed by atoms with van der Waals surface area (Å²) < 4.78 is 5.63. The third kappa shape index (κ3) is 4.79. The standard InChI is InChI=1S/C21H20N2O5S/c1-21(27,17-11-14-5-3-4-6-16(14)29-17)12-22-18(24)19(25)23-15-9-7-13(8-10-15)20(26)28-2/h3-11,27H,12H2,1-2H3,(H,22,24)(H,23,25). The van der Waals surface area contributed by atoms with E-state index in [0.29, 0.717) is 16.1 Å². The maximum atomic E-state index is 12.1. The lowest BCUT2D eigenvalue weighted by Crippen LogP contribution is -2.42. The number of benzene rings is 2. The molecule has 2 amide bonds. The molecule has 0 radical (unpaired) electrons. The Hall–Kier alpha value is -3.23. The van der Waals surface area contributed by atoms with Crippen molar-refractivity contribution in [3.05, 3.63) is 65.0 Å². The largest absolute Gasteiger partial charge is 0.465 e. The minimum atomic E-state index is -1.32. The van der Waals surface area contributed by atoms with Crippen LogP contribution in [0.4, 0.5) is 5.69 Å². The summed E-state index contributed by atoms with van der Waals surface area (Å²) in [4.78, 5) is 36.3. The van der Waals surface area contributed by atoms with Crippen molar-refractivity contribution in [3.63, 3.8) is 0 Å². The monoisotopic (exact) mass is 412 g/mol. The zero-order chi connectivity index (χ0) is 21.0. The molecular formula is C21H20N2O5S. The number of fused-ring (bicyclic) bond motifs is 1. The molecule has 1 heterocycles. The van der Waals surface area contributed by atoms with Crippen molar-refractivity contribution in [1.29, 1.82) is 0 Å². The van der Waals surface area contributed by atoms with Gasteiger partial charge in [-0.15, -0.1) is 11.3 Å². The maximum Gasteiger partial charge on any atom is 0.337 e. The quantitative estimate of drug-likeness (QED) is 0.441. The molecule has 1 atom stereocenters. The van der Waals surface area contributed by atoms with E-state index in [1.54, 1.807) is 6.92 Å². The Morgan fingerprint density at radius 3 is 2.41 bits per heavy atom. The van der Waals surface area contributed by atoms with Gasteiger partial charge in [-0.1, -0.05) is 18.2 Å². The van der Waals surface area contributed by atoms with Gasteiger partial charge >= 0.3 is 17.8 Å². The third-order valence-electron chi connectivity index (χ3n) is 4.32. The fourth-order valence-electron chi connectivity index (χ4n) is 2.66. The van der Waals surface area contributed by atoms with Crippen LogP contribution < -0.4 is 10.6 Å². The molecule has 8 heteroatoms. The predicted molar refractivity (Wildman–Crippen MR) is 111 cm³/mol. The number of aliphatic hydroxyl groups is 1. The summed E-state index contributed by atoms with van der Waals surface area (Å²) in [6.07, 6.45) is 0. The Balaban J connectivity index is 1.59. The average Bonchev–Trinajstić information content (AvgIpc) is 3.17. The van der Waals surface area contributed by atoms with Crippen LogP contribution in [-0.2, 0) is 19.9 Å². The molecule has 0 aliphatic heterocycles. The van der Waals surface area contributed by atoms with Crippen LogP contribution >= 0.6 is 11.3 Å². The highest BCUT2D eigenvalue weighted by atomic mass is 32.1. The van der Waals surface area contributed by atoms with Gasteiger partial charge in [-0.3, -0.25) is 9.59 Å². The minimum absolute atomic E-state index is 0.118. The van der Waals surface area contributed by atoms with Gasteiger partial charge in [0, 0.05) is 15.3 Å². The number of nitrogens with one attached hydrogen (secondary N) is 2. The molecule has 29 heavy (non-hydrogen) atoms. The summed E-state index contributed by atoms with van der Waals surface area (Å²) in [5.74, 6) is -2.24. The minimum Gasteiger partial charge on any atom is -0.465 e. The van der Waals surface area contributed by atoms with E-state index in [0.717, 1.165) is 10.1 Å². The smallest absolute Gasteiger partial charge is 0.337 e. The Labute approximate surface area is 171 Å². The zero-order valence-electron chi connectivity index (χ0n) is 15.9. The van der Waals surface area contributed by atoms with E-state index in [1.807, 2.05) is 30.3 Å². The molecule has 1 unspecified atom stereocenters. The molecule has 0 aliphatic carbocycles. The number of esters is 1. The topological polar surface area (TPSA) is 105 Å². The lowest BCUT2D eigenvalue weighted by atomic mass is 10.0. The van der Waals surface area contributed by atoms with Crippen molar-refractivity contribution in [3.8, 4) is 0 Å². The molecule has 150 valence electrons. The molecule has 0 saturated heterocycles. The Morgan fingerprint density at radius 2 is 1.76 bits per heavy atom. The number of amides is 2. The second-order valence-electron chi connectivity index (χ2n) is 6.63. The van der Waals surface area contributed by atoms with E-state index < -0.39 is 23.4 Å². The van der Waals surface area contributed by atoms with Gasteiger partial charge in [-0.2, -0.15) is 0 Å². The molecular weight excluding hydrogens is 392 g/mol. The molecule has 0 aliphatic rings. The van der Waals surface area contributed by atoms with E-state index in [-0.39, 0.29) is 6.54 Å². The normalized spacial score (nSPS) is 12.8.